The molecular formula is C10H11BrClNO2. The Morgan fingerprint density at radius 1 is 1.60 bits per heavy atom. The molecule has 1 aromatic carbocycles. The van der Waals surface area contributed by atoms with Gasteiger partial charge in [-0.2, -0.15) is 0 Å². The lowest BCUT2D eigenvalue weighted by Gasteiger charge is -2.14. The van der Waals surface area contributed by atoms with E-state index in [1.165, 1.54) is 4.90 Å². The van der Waals surface area contributed by atoms with E-state index >= 15 is 0 Å². The van der Waals surface area contributed by atoms with Crippen molar-refractivity contribution in [1.82, 2.24) is 4.90 Å². The fourth-order valence-electron chi connectivity index (χ4n) is 1.10. The van der Waals surface area contributed by atoms with Crippen LogP contribution in [0.5, 0.6) is 5.75 Å². The molecule has 0 aromatic heterocycles. The second-order valence-corrected chi connectivity index (χ2v) is 4.15. The number of carbonyl (C=O) groups excluding carboxylic acids is 1. The summed E-state index contributed by atoms with van der Waals surface area (Å²) in [5.41, 5.74) is 0.882. The third kappa shape index (κ3) is 3.39. The van der Waals surface area contributed by atoms with Gasteiger partial charge in [0.2, 0.25) is 0 Å². The third-order valence-electron chi connectivity index (χ3n) is 1.97. The second kappa shape index (κ2) is 5.37. The van der Waals surface area contributed by atoms with Crippen LogP contribution in [0.1, 0.15) is 5.56 Å². The number of benzene rings is 1. The van der Waals surface area contributed by atoms with E-state index in [4.69, 9.17) is 16.3 Å². The Labute approximate surface area is 102 Å². The van der Waals surface area contributed by atoms with E-state index in [-0.39, 0.29) is 4.82 Å². The molecule has 5 heteroatoms. The van der Waals surface area contributed by atoms with Crippen LogP contribution in [0.3, 0.4) is 0 Å². The number of amides is 1. The van der Waals surface area contributed by atoms with Crippen LogP contribution in [0, 0.1) is 0 Å². The minimum atomic E-state index is -0.172. The lowest BCUT2D eigenvalue weighted by molar-refractivity contribution is 0.233. The number of methoxy groups -OCH3 is 1. The third-order valence-corrected chi connectivity index (χ3v) is 2.93. The van der Waals surface area contributed by atoms with Gasteiger partial charge in [0.1, 0.15) is 5.75 Å². The van der Waals surface area contributed by atoms with Crippen LogP contribution < -0.4 is 4.74 Å². The molecule has 82 valence electrons. The Bertz CT molecular complexity index is 370. The molecule has 0 radical (unpaired) electrons. The molecule has 0 aliphatic heterocycles. The number of halogens is 2. The predicted octanol–water partition coefficient (Wildman–Crippen LogP) is 3.30. The van der Waals surface area contributed by atoms with Crippen molar-refractivity contribution in [3.63, 3.8) is 0 Å². The van der Waals surface area contributed by atoms with Crippen molar-refractivity contribution < 1.29 is 9.53 Å². The summed E-state index contributed by atoms with van der Waals surface area (Å²) in [5.74, 6) is 0.705. The van der Waals surface area contributed by atoms with Crippen molar-refractivity contribution in [1.29, 1.82) is 0 Å². The Kier molecular flexibility index (Phi) is 4.42. The van der Waals surface area contributed by atoms with Crippen LogP contribution in [0.25, 0.3) is 0 Å². The molecule has 0 aliphatic rings. The molecule has 0 saturated heterocycles. The zero-order valence-corrected chi connectivity index (χ0v) is 10.8. The Hall–Kier alpha value is -0.740. The molecule has 3 nitrogen and oxygen atoms in total. The average Bonchev–Trinajstić information content (AvgIpc) is 2.20. The highest BCUT2D eigenvalue weighted by Gasteiger charge is 2.08. The van der Waals surface area contributed by atoms with Crippen LogP contribution in [0.15, 0.2) is 18.2 Å². The summed E-state index contributed by atoms with van der Waals surface area (Å²) in [6.07, 6.45) is 0. The smallest absolute Gasteiger partial charge is 0.289 e. The highest BCUT2D eigenvalue weighted by molar-refractivity contribution is 9.18. The average molecular weight is 293 g/mol. The van der Waals surface area contributed by atoms with E-state index in [0.717, 1.165) is 5.56 Å². The van der Waals surface area contributed by atoms with Gasteiger partial charge in [-0.15, -0.1) is 0 Å². The van der Waals surface area contributed by atoms with Gasteiger partial charge in [-0.25, -0.2) is 0 Å². The van der Waals surface area contributed by atoms with Gasteiger partial charge >= 0.3 is 0 Å². The van der Waals surface area contributed by atoms with Gasteiger partial charge in [-0.3, -0.25) is 4.79 Å². The Balaban J connectivity index is 2.82. The lowest BCUT2D eigenvalue weighted by Crippen LogP contribution is -2.19. The van der Waals surface area contributed by atoms with E-state index in [1.54, 1.807) is 20.2 Å². The van der Waals surface area contributed by atoms with Gasteiger partial charge in [0.05, 0.1) is 7.11 Å². The highest BCUT2D eigenvalue weighted by Crippen LogP contribution is 2.23. The molecule has 1 amide bonds. The topological polar surface area (TPSA) is 29.5 Å². The summed E-state index contributed by atoms with van der Waals surface area (Å²) in [7, 11) is 3.27. The fourth-order valence-corrected chi connectivity index (χ4v) is 1.46. The van der Waals surface area contributed by atoms with Crippen LogP contribution in [0.2, 0.25) is 5.02 Å². The number of ether oxygens (including phenoxy) is 1. The number of hydrogen-bond donors (Lipinski definition) is 0. The van der Waals surface area contributed by atoms with Crippen molar-refractivity contribution in [3.05, 3.63) is 28.8 Å². The van der Waals surface area contributed by atoms with Crippen molar-refractivity contribution >= 4 is 32.3 Å². The van der Waals surface area contributed by atoms with Crippen molar-refractivity contribution in [2.24, 2.45) is 0 Å². The molecule has 15 heavy (non-hydrogen) atoms. The Morgan fingerprint density at radius 2 is 2.27 bits per heavy atom. The fraction of sp³-hybridized carbons (Fsp3) is 0.300. The number of carbonyl (C=O) groups is 1. The SMILES string of the molecule is COc1ccc(CN(C)C(=O)Br)c(Cl)c1. The maximum atomic E-state index is 11.0. The second-order valence-electron chi connectivity index (χ2n) is 3.07. The predicted molar refractivity (Wildman–Crippen MR) is 63.8 cm³/mol. The summed E-state index contributed by atoms with van der Waals surface area (Å²) in [6, 6.07) is 5.38. The summed E-state index contributed by atoms with van der Waals surface area (Å²) in [5, 5.41) is 0.593. The van der Waals surface area contributed by atoms with E-state index in [9.17, 15) is 4.79 Å². The van der Waals surface area contributed by atoms with Gasteiger partial charge in [-0.1, -0.05) is 17.7 Å². The quantitative estimate of drug-likeness (QED) is 0.632. The molecule has 0 atom stereocenters. The lowest BCUT2D eigenvalue weighted by atomic mass is 10.2. The van der Waals surface area contributed by atoms with Crippen molar-refractivity contribution in [3.8, 4) is 5.75 Å². The number of nitrogens with zero attached hydrogens (tertiary/aromatic N) is 1. The van der Waals surface area contributed by atoms with Crippen LogP contribution in [-0.2, 0) is 6.54 Å². The maximum absolute atomic E-state index is 11.0. The number of hydrogen-bond acceptors (Lipinski definition) is 2. The summed E-state index contributed by atoms with van der Waals surface area (Å²) in [6.45, 7) is 0.465. The summed E-state index contributed by atoms with van der Waals surface area (Å²) in [4.78, 5) is 12.3. The van der Waals surface area contributed by atoms with Gasteiger partial charge < -0.3 is 9.64 Å². The van der Waals surface area contributed by atoms with Crippen LogP contribution in [0.4, 0.5) is 4.79 Å². The molecule has 0 aliphatic carbocycles. The normalized spacial score (nSPS) is 9.87. The van der Waals surface area contributed by atoms with Gasteiger partial charge in [-0.05, 0) is 17.7 Å². The Morgan fingerprint density at radius 3 is 2.73 bits per heavy atom. The van der Waals surface area contributed by atoms with Gasteiger partial charge in [0, 0.05) is 34.5 Å². The summed E-state index contributed by atoms with van der Waals surface area (Å²) >= 11 is 8.89. The first-order valence-electron chi connectivity index (χ1n) is 4.27. The van der Waals surface area contributed by atoms with Gasteiger partial charge in [0.25, 0.3) is 4.82 Å². The molecule has 0 N–H and O–H groups in total. The molecule has 1 rings (SSSR count). The van der Waals surface area contributed by atoms with E-state index in [0.29, 0.717) is 17.3 Å². The summed E-state index contributed by atoms with van der Waals surface area (Å²) < 4.78 is 5.03. The molecule has 0 spiro atoms. The molecule has 0 unspecified atom stereocenters. The zero-order chi connectivity index (χ0) is 11.4. The molecule has 0 bridgehead atoms. The first kappa shape index (κ1) is 12.3. The minimum Gasteiger partial charge on any atom is -0.497 e. The van der Waals surface area contributed by atoms with E-state index < -0.39 is 0 Å². The van der Waals surface area contributed by atoms with E-state index in [2.05, 4.69) is 15.9 Å². The standard InChI is InChI=1S/C10H11BrClNO2/c1-13(10(11)14)6-7-3-4-8(15-2)5-9(7)12/h3-5H,6H2,1-2H3. The largest absolute Gasteiger partial charge is 0.497 e. The highest BCUT2D eigenvalue weighted by atomic mass is 79.9. The minimum absolute atomic E-state index is 0.172. The van der Waals surface area contributed by atoms with Crippen molar-refractivity contribution in [2.45, 2.75) is 6.54 Å². The van der Waals surface area contributed by atoms with Crippen LogP contribution >= 0.6 is 27.5 Å². The molecule has 1 aromatic rings. The van der Waals surface area contributed by atoms with Gasteiger partial charge in [0.15, 0.2) is 0 Å². The molecule has 0 saturated carbocycles. The first-order valence-corrected chi connectivity index (χ1v) is 5.44. The maximum Gasteiger partial charge on any atom is 0.289 e. The first-order chi connectivity index (χ1) is 7.04. The van der Waals surface area contributed by atoms with Crippen molar-refractivity contribution in [2.75, 3.05) is 14.2 Å². The van der Waals surface area contributed by atoms with E-state index in [1.807, 2.05) is 12.1 Å². The molecule has 0 fully saturated rings. The zero-order valence-electron chi connectivity index (χ0n) is 8.46. The monoisotopic (exact) mass is 291 g/mol. The number of rotatable bonds is 3. The molecule has 0 heterocycles. The molecular weight excluding hydrogens is 281 g/mol. The van der Waals surface area contributed by atoms with Crippen LogP contribution in [-0.4, -0.2) is 23.9 Å².